The minimum absolute atomic E-state index is 0.0215. The molecule has 6 heteroatoms. The van der Waals surface area contributed by atoms with Gasteiger partial charge in [-0.3, -0.25) is 9.59 Å². The van der Waals surface area contributed by atoms with Crippen LogP contribution in [0.4, 0.5) is 0 Å². The van der Waals surface area contributed by atoms with Crippen molar-refractivity contribution in [2.75, 3.05) is 0 Å². The van der Waals surface area contributed by atoms with Crippen LogP contribution < -0.4 is 0 Å². The van der Waals surface area contributed by atoms with Gasteiger partial charge in [0.2, 0.25) is 5.89 Å². The van der Waals surface area contributed by atoms with Gasteiger partial charge in [-0.05, 0) is 54.3 Å². The van der Waals surface area contributed by atoms with Gasteiger partial charge in [0.15, 0.2) is 5.78 Å². The van der Waals surface area contributed by atoms with Crippen molar-refractivity contribution >= 4 is 23.1 Å². The number of carbonyl (C=O) groups excluding carboxylic acids is 2. The number of hydrogen-bond donors (Lipinski definition) is 0. The Kier molecular flexibility index (Phi) is 5.67. The Morgan fingerprint density at radius 3 is 2.79 bits per heavy atom. The Balaban J connectivity index is 1.26. The number of nitrogens with zero attached hydrogens (tertiary/aromatic N) is 1. The van der Waals surface area contributed by atoms with E-state index in [1.807, 2.05) is 29.6 Å². The SMILES string of the molecule is O=C(CCC(=O)c1ccc2c(c1)CCCC2)OCc1coc(-c2cccs2)n1. The van der Waals surface area contributed by atoms with Gasteiger partial charge in [-0.2, -0.15) is 0 Å². The molecular weight excluding hydrogens is 374 g/mol. The highest BCUT2D eigenvalue weighted by atomic mass is 32.1. The number of aryl methyl sites for hydroxylation is 2. The van der Waals surface area contributed by atoms with Gasteiger partial charge in [-0.1, -0.05) is 18.2 Å². The highest BCUT2D eigenvalue weighted by molar-refractivity contribution is 7.13. The molecule has 0 unspecified atom stereocenters. The summed E-state index contributed by atoms with van der Waals surface area (Å²) in [4.78, 5) is 29.6. The van der Waals surface area contributed by atoms with E-state index in [2.05, 4.69) is 11.1 Å². The molecule has 0 spiro atoms. The summed E-state index contributed by atoms with van der Waals surface area (Å²) in [6.45, 7) is 0.0424. The van der Waals surface area contributed by atoms with Crippen molar-refractivity contribution in [2.45, 2.75) is 45.1 Å². The number of ketones is 1. The molecule has 0 radical (unpaired) electrons. The normalized spacial score (nSPS) is 13.1. The van der Waals surface area contributed by atoms with E-state index < -0.39 is 5.97 Å². The van der Waals surface area contributed by atoms with Crippen LogP contribution in [0.3, 0.4) is 0 Å². The zero-order chi connectivity index (χ0) is 19.3. The molecule has 2 heterocycles. The second-order valence-corrected chi connectivity index (χ2v) is 7.84. The number of fused-ring (bicyclic) bond motifs is 1. The predicted molar refractivity (Wildman–Crippen MR) is 106 cm³/mol. The molecule has 144 valence electrons. The first-order valence-electron chi connectivity index (χ1n) is 9.48. The van der Waals surface area contributed by atoms with Crippen LogP contribution in [0.1, 0.15) is 52.9 Å². The van der Waals surface area contributed by atoms with Gasteiger partial charge in [0.25, 0.3) is 0 Å². The summed E-state index contributed by atoms with van der Waals surface area (Å²) < 4.78 is 10.6. The lowest BCUT2D eigenvalue weighted by molar-refractivity contribution is -0.145. The maximum atomic E-state index is 12.4. The Bertz CT molecular complexity index is 974. The van der Waals surface area contributed by atoms with Crippen LogP contribution in [-0.4, -0.2) is 16.7 Å². The topological polar surface area (TPSA) is 69.4 Å². The zero-order valence-corrected chi connectivity index (χ0v) is 16.3. The molecule has 4 rings (SSSR count). The summed E-state index contributed by atoms with van der Waals surface area (Å²) in [6.07, 6.45) is 6.21. The van der Waals surface area contributed by atoms with E-state index in [1.165, 1.54) is 41.6 Å². The summed E-state index contributed by atoms with van der Waals surface area (Å²) >= 11 is 1.53. The minimum Gasteiger partial charge on any atom is -0.459 e. The largest absolute Gasteiger partial charge is 0.459 e. The molecule has 0 saturated heterocycles. The number of thiophene rings is 1. The molecule has 0 saturated carbocycles. The van der Waals surface area contributed by atoms with Crippen molar-refractivity contribution in [3.05, 3.63) is 64.4 Å². The molecule has 5 nitrogen and oxygen atoms in total. The Labute approximate surface area is 167 Å². The predicted octanol–water partition coefficient (Wildman–Crippen LogP) is 4.99. The number of aromatic nitrogens is 1. The van der Waals surface area contributed by atoms with Crippen LogP contribution in [0.25, 0.3) is 10.8 Å². The van der Waals surface area contributed by atoms with Crippen LogP contribution in [0, 0.1) is 0 Å². The quantitative estimate of drug-likeness (QED) is 0.416. The number of benzene rings is 1. The van der Waals surface area contributed by atoms with Crippen LogP contribution in [0.5, 0.6) is 0 Å². The van der Waals surface area contributed by atoms with E-state index in [-0.39, 0.29) is 25.2 Å². The van der Waals surface area contributed by atoms with Crippen molar-refractivity contribution in [1.82, 2.24) is 4.98 Å². The maximum Gasteiger partial charge on any atom is 0.306 e. The monoisotopic (exact) mass is 395 g/mol. The highest BCUT2D eigenvalue weighted by Crippen LogP contribution is 2.24. The van der Waals surface area contributed by atoms with Crippen molar-refractivity contribution in [2.24, 2.45) is 0 Å². The number of esters is 1. The third kappa shape index (κ3) is 4.39. The van der Waals surface area contributed by atoms with Gasteiger partial charge < -0.3 is 9.15 Å². The maximum absolute atomic E-state index is 12.4. The fourth-order valence-corrected chi connectivity index (χ4v) is 4.04. The number of ether oxygens (including phenoxy) is 1. The summed E-state index contributed by atoms with van der Waals surface area (Å²) in [5, 5.41) is 1.94. The number of carbonyl (C=O) groups is 2. The third-order valence-electron chi connectivity index (χ3n) is 4.89. The first-order chi connectivity index (χ1) is 13.7. The average Bonchev–Trinajstić information content (AvgIpc) is 3.41. The van der Waals surface area contributed by atoms with Crippen molar-refractivity contribution in [1.29, 1.82) is 0 Å². The lowest BCUT2D eigenvalue weighted by Crippen LogP contribution is -2.10. The van der Waals surface area contributed by atoms with Gasteiger partial charge >= 0.3 is 5.97 Å². The molecule has 0 aliphatic heterocycles. The molecule has 0 N–H and O–H groups in total. The number of hydrogen-bond acceptors (Lipinski definition) is 6. The van der Waals surface area contributed by atoms with E-state index in [0.29, 0.717) is 17.1 Å². The van der Waals surface area contributed by atoms with Crippen LogP contribution >= 0.6 is 11.3 Å². The Morgan fingerprint density at radius 2 is 1.96 bits per heavy atom. The molecule has 0 bridgehead atoms. The number of oxazole rings is 1. The summed E-state index contributed by atoms with van der Waals surface area (Å²) in [5.41, 5.74) is 3.85. The smallest absolute Gasteiger partial charge is 0.306 e. The van der Waals surface area contributed by atoms with E-state index in [4.69, 9.17) is 9.15 Å². The standard InChI is InChI=1S/C22H21NO4S/c24-19(17-8-7-15-4-1-2-5-16(15)12-17)9-10-21(25)26-13-18-14-27-22(23-18)20-6-3-11-28-20/h3,6-8,11-12,14H,1-2,4-5,9-10,13H2. The van der Waals surface area contributed by atoms with E-state index in [9.17, 15) is 9.59 Å². The van der Waals surface area contributed by atoms with Gasteiger partial charge in [-0.25, -0.2) is 4.98 Å². The average molecular weight is 395 g/mol. The first-order valence-corrected chi connectivity index (χ1v) is 10.4. The van der Waals surface area contributed by atoms with Crippen molar-refractivity contribution in [3.63, 3.8) is 0 Å². The molecule has 1 aliphatic rings. The minimum atomic E-state index is -0.410. The molecule has 0 atom stereocenters. The second kappa shape index (κ2) is 8.52. The van der Waals surface area contributed by atoms with E-state index >= 15 is 0 Å². The van der Waals surface area contributed by atoms with Gasteiger partial charge in [0.05, 0.1) is 11.3 Å². The van der Waals surface area contributed by atoms with E-state index in [0.717, 1.165) is 17.7 Å². The molecule has 2 aromatic heterocycles. The fourth-order valence-electron chi connectivity index (χ4n) is 3.38. The van der Waals surface area contributed by atoms with Crippen molar-refractivity contribution in [3.8, 4) is 10.8 Å². The number of rotatable bonds is 7. The zero-order valence-electron chi connectivity index (χ0n) is 15.5. The molecular formula is C22H21NO4S. The Morgan fingerprint density at radius 1 is 1.11 bits per heavy atom. The van der Waals surface area contributed by atoms with Crippen LogP contribution in [-0.2, 0) is 29.0 Å². The van der Waals surface area contributed by atoms with Crippen molar-refractivity contribution < 1.29 is 18.7 Å². The summed E-state index contributed by atoms with van der Waals surface area (Å²) in [6, 6.07) is 9.75. The summed E-state index contributed by atoms with van der Waals surface area (Å²) in [5.74, 6) is 0.0855. The Hall–Kier alpha value is -2.73. The van der Waals surface area contributed by atoms with Crippen LogP contribution in [0.2, 0.25) is 0 Å². The summed E-state index contributed by atoms with van der Waals surface area (Å²) in [7, 11) is 0. The molecule has 3 aromatic rings. The molecule has 1 aliphatic carbocycles. The lowest BCUT2D eigenvalue weighted by atomic mass is 9.89. The van der Waals surface area contributed by atoms with Crippen LogP contribution in [0.15, 0.2) is 46.4 Å². The first kappa shape index (κ1) is 18.6. The third-order valence-corrected chi connectivity index (χ3v) is 5.75. The number of Topliss-reactive ketones (excluding diaryl/α,β-unsaturated/α-hetero) is 1. The van der Waals surface area contributed by atoms with Gasteiger partial charge in [0.1, 0.15) is 18.6 Å². The fraction of sp³-hybridized carbons (Fsp3) is 0.318. The van der Waals surface area contributed by atoms with E-state index in [1.54, 1.807) is 0 Å². The molecule has 28 heavy (non-hydrogen) atoms. The van der Waals surface area contributed by atoms with Gasteiger partial charge in [0, 0.05) is 12.0 Å². The second-order valence-electron chi connectivity index (χ2n) is 6.90. The molecule has 0 fully saturated rings. The molecule has 0 amide bonds. The van der Waals surface area contributed by atoms with Gasteiger partial charge in [-0.15, -0.1) is 11.3 Å². The molecule has 1 aromatic carbocycles. The lowest BCUT2D eigenvalue weighted by Gasteiger charge is -2.16. The highest BCUT2D eigenvalue weighted by Gasteiger charge is 2.15.